The fraction of sp³-hybridized carbons (Fsp3) is 0.714. The standard InChI is InChI=1S/C21H37OP/c1-10-21(23,11-2)22-18-13-12-16(19(5,6)7)14-17(18)20(8,9)15(3)4/h12-15H,10-11,23H2,1-9H3. The average molecular weight is 337 g/mol. The van der Waals surface area contributed by atoms with Crippen LogP contribution in [-0.4, -0.2) is 5.34 Å². The molecule has 0 aromatic heterocycles. The summed E-state index contributed by atoms with van der Waals surface area (Å²) in [6.45, 7) is 20.4. The van der Waals surface area contributed by atoms with Gasteiger partial charge in [-0.25, -0.2) is 0 Å². The summed E-state index contributed by atoms with van der Waals surface area (Å²) < 4.78 is 6.50. The van der Waals surface area contributed by atoms with Crippen LogP contribution in [0.2, 0.25) is 0 Å². The van der Waals surface area contributed by atoms with Gasteiger partial charge in [0.05, 0.1) is 0 Å². The van der Waals surface area contributed by atoms with Gasteiger partial charge in [0.15, 0.2) is 0 Å². The Hall–Kier alpha value is -0.550. The van der Waals surface area contributed by atoms with Crippen LogP contribution < -0.4 is 4.74 Å². The molecular weight excluding hydrogens is 299 g/mol. The zero-order valence-corrected chi connectivity index (χ0v) is 17.9. The summed E-state index contributed by atoms with van der Waals surface area (Å²) in [5, 5.41) is -0.176. The van der Waals surface area contributed by atoms with Crippen molar-refractivity contribution in [3.63, 3.8) is 0 Å². The Kier molecular flexibility index (Phi) is 6.36. The van der Waals surface area contributed by atoms with Gasteiger partial charge in [-0.15, -0.1) is 0 Å². The molecule has 23 heavy (non-hydrogen) atoms. The second kappa shape index (κ2) is 7.14. The maximum atomic E-state index is 6.50. The molecule has 0 saturated heterocycles. The van der Waals surface area contributed by atoms with Crippen molar-refractivity contribution in [1.82, 2.24) is 0 Å². The van der Waals surface area contributed by atoms with Crippen molar-refractivity contribution in [3.05, 3.63) is 29.3 Å². The number of hydrogen-bond acceptors (Lipinski definition) is 1. The summed E-state index contributed by atoms with van der Waals surface area (Å²) in [6, 6.07) is 6.78. The zero-order valence-electron chi connectivity index (χ0n) is 16.7. The highest BCUT2D eigenvalue weighted by Gasteiger charge is 2.32. The predicted octanol–water partition coefficient (Wildman–Crippen LogP) is 6.69. The van der Waals surface area contributed by atoms with Crippen LogP contribution in [0.5, 0.6) is 5.75 Å². The minimum atomic E-state index is -0.176. The first-order valence-electron chi connectivity index (χ1n) is 9.00. The molecule has 0 radical (unpaired) electrons. The largest absolute Gasteiger partial charge is 0.483 e. The molecule has 1 nitrogen and oxygen atoms in total. The fourth-order valence-corrected chi connectivity index (χ4v) is 2.64. The quantitative estimate of drug-likeness (QED) is 0.526. The van der Waals surface area contributed by atoms with E-state index >= 15 is 0 Å². The van der Waals surface area contributed by atoms with Gasteiger partial charge in [0, 0.05) is 5.56 Å². The monoisotopic (exact) mass is 336 g/mol. The van der Waals surface area contributed by atoms with E-state index in [-0.39, 0.29) is 16.2 Å². The van der Waals surface area contributed by atoms with Gasteiger partial charge in [-0.3, -0.25) is 0 Å². The number of benzene rings is 1. The van der Waals surface area contributed by atoms with Gasteiger partial charge in [-0.1, -0.05) is 83.7 Å². The first-order chi connectivity index (χ1) is 10.4. The molecular formula is C21H37OP. The molecule has 0 aliphatic heterocycles. The Labute approximate surface area is 146 Å². The van der Waals surface area contributed by atoms with Crippen LogP contribution in [-0.2, 0) is 10.8 Å². The van der Waals surface area contributed by atoms with Gasteiger partial charge in [0.2, 0.25) is 0 Å². The molecule has 0 fully saturated rings. The van der Waals surface area contributed by atoms with Crippen LogP contribution in [0.4, 0.5) is 0 Å². The highest BCUT2D eigenvalue weighted by molar-refractivity contribution is 7.18. The molecule has 1 aromatic rings. The van der Waals surface area contributed by atoms with Crippen molar-refractivity contribution >= 4 is 9.24 Å². The minimum absolute atomic E-state index is 0.0731. The van der Waals surface area contributed by atoms with Gasteiger partial charge in [-0.2, -0.15) is 0 Å². The van der Waals surface area contributed by atoms with Crippen molar-refractivity contribution in [2.24, 2.45) is 5.92 Å². The van der Waals surface area contributed by atoms with Crippen LogP contribution in [0.3, 0.4) is 0 Å². The summed E-state index contributed by atoms with van der Waals surface area (Å²) in [4.78, 5) is 0. The van der Waals surface area contributed by atoms with E-state index in [1.54, 1.807) is 0 Å². The van der Waals surface area contributed by atoms with Crippen LogP contribution in [0, 0.1) is 5.92 Å². The molecule has 1 unspecified atom stereocenters. The Morgan fingerprint density at radius 2 is 1.52 bits per heavy atom. The third kappa shape index (κ3) is 4.72. The molecule has 1 rings (SSSR count). The third-order valence-electron chi connectivity index (χ3n) is 5.49. The van der Waals surface area contributed by atoms with Crippen molar-refractivity contribution < 1.29 is 4.74 Å². The van der Waals surface area contributed by atoms with Crippen molar-refractivity contribution in [3.8, 4) is 5.75 Å². The first kappa shape index (κ1) is 20.5. The molecule has 2 heteroatoms. The van der Waals surface area contributed by atoms with E-state index < -0.39 is 0 Å². The van der Waals surface area contributed by atoms with Crippen molar-refractivity contribution in [2.45, 2.75) is 91.3 Å². The summed E-state index contributed by atoms with van der Waals surface area (Å²) in [7, 11) is 2.92. The molecule has 0 bridgehead atoms. The van der Waals surface area contributed by atoms with E-state index in [0.29, 0.717) is 5.92 Å². The maximum absolute atomic E-state index is 6.50. The predicted molar refractivity (Wildman–Crippen MR) is 107 cm³/mol. The number of rotatable bonds is 6. The van der Waals surface area contributed by atoms with E-state index in [4.69, 9.17) is 4.74 Å². The Morgan fingerprint density at radius 3 is 1.91 bits per heavy atom. The molecule has 132 valence electrons. The highest BCUT2D eigenvalue weighted by atomic mass is 31.0. The average Bonchev–Trinajstić information content (AvgIpc) is 2.46. The second-order valence-corrected chi connectivity index (χ2v) is 9.76. The topological polar surface area (TPSA) is 9.23 Å². The normalized spacial score (nSPS) is 13.5. The molecule has 0 spiro atoms. The molecule has 0 heterocycles. The highest BCUT2D eigenvalue weighted by Crippen LogP contribution is 2.42. The lowest BCUT2D eigenvalue weighted by Gasteiger charge is -2.36. The maximum Gasteiger partial charge on any atom is 0.124 e. The van der Waals surface area contributed by atoms with Crippen LogP contribution in [0.15, 0.2) is 18.2 Å². The van der Waals surface area contributed by atoms with Gasteiger partial charge < -0.3 is 4.74 Å². The lowest BCUT2D eigenvalue weighted by molar-refractivity contribution is 0.150. The van der Waals surface area contributed by atoms with Crippen LogP contribution >= 0.6 is 9.24 Å². The SMILES string of the molecule is CCC(P)(CC)Oc1ccc(C(C)(C)C)cc1C(C)(C)C(C)C. The van der Waals surface area contributed by atoms with E-state index in [0.717, 1.165) is 18.6 Å². The van der Waals surface area contributed by atoms with Crippen LogP contribution in [0.25, 0.3) is 0 Å². The minimum Gasteiger partial charge on any atom is -0.483 e. The molecule has 0 aliphatic carbocycles. The molecule has 0 amide bonds. The van der Waals surface area contributed by atoms with Crippen molar-refractivity contribution in [2.75, 3.05) is 0 Å². The number of ether oxygens (including phenoxy) is 1. The van der Waals surface area contributed by atoms with Gasteiger partial charge >= 0.3 is 0 Å². The summed E-state index contributed by atoms with van der Waals surface area (Å²) in [5.41, 5.74) is 2.92. The van der Waals surface area contributed by atoms with Gasteiger partial charge in [0.1, 0.15) is 11.1 Å². The summed E-state index contributed by atoms with van der Waals surface area (Å²) >= 11 is 0. The van der Waals surface area contributed by atoms with E-state index in [1.165, 1.54) is 11.1 Å². The first-order valence-corrected chi connectivity index (χ1v) is 9.58. The summed E-state index contributed by atoms with van der Waals surface area (Å²) in [6.07, 6.45) is 1.97. The second-order valence-electron chi connectivity index (χ2n) is 8.71. The zero-order chi connectivity index (χ0) is 18.1. The molecule has 1 aromatic carbocycles. The van der Waals surface area contributed by atoms with E-state index in [9.17, 15) is 0 Å². The Morgan fingerprint density at radius 1 is 1.00 bits per heavy atom. The van der Waals surface area contributed by atoms with E-state index in [2.05, 4.69) is 89.8 Å². The molecule has 0 saturated carbocycles. The van der Waals surface area contributed by atoms with Gasteiger partial charge in [0.25, 0.3) is 0 Å². The molecule has 1 atom stereocenters. The number of hydrogen-bond donors (Lipinski definition) is 0. The lowest BCUT2D eigenvalue weighted by atomic mass is 9.73. The molecule has 0 N–H and O–H groups in total. The van der Waals surface area contributed by atoms with E-state index in [1.807, 2.05) is 0 Å². The smallest absolute Gasteiger partial charge is 0.124 e. The third-order valence-corrected chi connectivity index (χ3v) is 6.43. The summed E-state index contributed by atoms with van der Waals surface area (Å²) in [5.74, 6) is 1.58. The Bertz CT molecular complexity index is 519. The van der Waals surface area contributed by atoms with Crippen LogP contribution in [0.1, 0.15) is 86.3 Å². The fourth-order valence-electron chi connectivity index (χ4n) is 2.51. The Balaban J connectivity index is 3.47. The van der Waals surface area contributed by atoms with Crippen molar-refractivity contribution in [1.29, 1.82) is 0 Å². The lowest BCUT2D eigenvalue weighted by Crippen LogP contribution is -2.31. The van der Waals surface area contributed by atoms with Gasteiger partial charge in [-0.05, 0) is 41.2 Å². The molecule has 0 aliphatic rings.